The largest absolute Gasteiger partial charge is 0.456 e. The van der Waals surface area contributed by atoms with E-state index in [1.54, 1.807) is 0 Å². The number of hydrogen-bond donors (Lipinski definition) is 0. The molecule has 136 heavy (non-hydrogen) atoms. The molecule has 0 radical (unpaired) electrons. The molecule has 0 atom stereocenters. The highest BCUT2D eigenvalue weighted by Crippen LogP contribution is 2.58. The average Bonchev–Trinajstić information content (AvgIpc) is 1.53. The molecule has 0 saturated carbocycles. The summed E-state index contributed by atoms with van der Waals surface area (Å²) in [6.07, 6.45) is 0. The van der Waals surface area contributed by atoms with Crippen LogP contribution in [0.15, 0.2) is 356 Å². The second-order valence-electron chi connectivity index (χ2n) is 39.0. The molecule has 0 N–H and O–H groups in total. The van der Waals surface area contributed by atoms with Gasteiger partial charge in [0.25, 0.3) is 0 Å². The lowest BCUT2D eigenvalue weighted by Crippen LogP contribution is -2.28. The number of fused-ring (bicyclic) bond motifs is 24. The fourth-order valence-corrected chi connectivity index (χ4v) is 26.6. The molecule has 3 aliphatic carbocycles. The first-order chi connectivity index (χ1) is 65.6. The summed E-state index contributed by atoms with van der Waals surface area (Å²) in [5.41, 5.74) is 43.3. The van der Waals surface area contributed by atoms with E-state index in [0.717, 1.165) is 11.2 Å². The topological polar surface area (TPSA) is 13.1 Å². The maximum atomic E-state index is 5.86. The summed E-state index contributed by atoms with van der Waals surface area (Å²) in [7, 11) is 0. The molecule has 18 aromatic carbocycles. The molecular weight excluding hydrogens is 1720 g/mol. The fourth-order valence-electron chi connectivity index (χ4n) is 21.6. The van der Waals surface area contributed by atoms with Gasteiger partial charge in [-0.2, -0.15) is 0 Å². The SMILES string of the molecule is Cc1ccc(C)c2c1-c1ccccc1C2(C)C.Cc1ccc(C)c2c1sc1ccccc12.Cc1ccc2c(c1)C(C)(C)c1cc(C)ccc1-2.Cc1ccc2c(c1)C(c1ccccc1)(c1ccccc1)c1cc(C)ccc1-2.Cc1ccc2c(c1)sc1cc(C)ccc12.Cc1cccc2c1oc1cccc(C)c12.Cc1cccc2c1sc1c(C)cccc12.Cc1cccc2c1sc1cccc(C)c12. The zero-order valence-corrected chi connectivity index (χ0v) is 85.3. The highest BCUT2D eigenvalue weighted by atomic mass is 32.1. The van der Waals surface area contributed by atoms with Gasteiger partial charge in [0.05, 0.1) is 5.41 Å². The number of hydrogen-bond acceptors (Lipinski definition) is 5. The van der Waals surface area contributed by atoms with Crippen molar-refractivity contribution >= 4 is 148 Å². The maximum absolute atomic E-state index is 5.86. The second kappa shape index (κ2) is 37.4. The molecule has 5 heterocycles. The van der Waals surface area contributed by atoms with E-state index in [4.69, 9.17) is 4.42 Å². The van der Waals surface area contributed by atoms with E-state index in [-0.39, 0.29) is 16.2 Å². The zero-order valence-electron chi connectivity index (χ0n) is 82.0. The minimum atomic E-state index is -0.273. The lowest BCUT2D eigenvalue weighted by molar-refractivity contribution is 0.655. The van der Waals surface area contributed by atoms with Crippen molar-refractivity contribution in [2.45, 2.75) is 155 Å². The van der Waals surface area contributed by atoms with Crippen LogP contribution in [0.1, 0.15) is 161 Å². The molecule has 0 unspecified atom stereocenters. The number of furan rings is 1. The first kappa shape index (κ1) is 91.7. The first-order valence-corrected chi connectivity index (χ1v) is 51.0. The van der Waals surface area contributed by atoms with Crippen LogP contribution < -0.4 is 0 Å². The fraction of sp³-hybridized carbons (Fsp3) is 0.176. The quantitative estimate of drug-likeness (QED) is 0.168. The van der Waals surface area contributed by atoms with Gasteiger partial charge in [-0.3, -0.25) is 0 Å². The minimum Gasteiger partial charge on any atom is -0.456 e. The van der Waals surface area contributed by atoms with E-state index in [2.05, 4.69) is 478 Å². The van der Waals surface area contributed by atoms with E-state index in [0.29, 0.717) is 0 Å². The average molecular weight is 1840 g/mol. The number of thiophene rings is 4. The van der Waals surface area contributed by atoms with Crippen molar-refractivity contribution in [1.29, 1.82) is 0 Å². The highest BCUT2D eigenvalue weighted by molar-refractivity contribution is 7.27. The molecule has 0 spiro atoms. The first-order valence-electron chi connectivity index (χ1n) is 47.7. The predicted molar refractivity (Wildman–Crippen MR) is 599 cm³/mol. The standard InChI is InChI=1S/C27H22.2C17H18.C14H12O.4C14H12S/c1-19-13-15-23-24-16-14-20(2)18-26(24)27(25(23)17-19,21-9-5-3-6-10-21)22-11-7-4-8-12-22;1-11-5-7-13-14-8-6-12(2)10-16(14)17(3,4)15(13)9-11;1-11-9-10-12(2)16-15(11)13-7-5-6-8-14(13)17(16,3)4;2*1-9-5-4-8-12-13(9)11-7-3-6-10(2)14(11)15-12;1-9-3-5-11-12-6-4-10(2)8-14(12)15-13(11)7-9;1-9-5-3-7-11-12-8-4-6-10(2)14(12)15-13(9)11;1-9-7-8-10(2)14-13(9)11-5-3-4-6-12(11)15-14/h3-18H,1-2H3;2*5-10H,1-4H3;5*3-8H,1-2H3. The van der Waals surface area contributed by atoms with Crippen molar-refractivity contribution in [2.24, 2.45) is 0 Å². The summed E-state index contributed by atoms with van der Waals surface area (Å²) in [6.45, 7) is 44.1. The smallest absolute Gasteiger partial charge is 0.138 e. The normalized spacial score (nSPS) is 12.9. The van der Waals surface area contributed by atoms with Crippen LogP contribution >= 0.6 is 45.3 Å². The van der Waals surface area contributed by atoms with Crippen LogP contribution in [0.4, 0.5) is 0 Å². The molecule has 1 nitrogen and oxygen atoms in total. The maximum Gasteiger partial charge on any atom is 0.138 e. The van der Waals surface area contributed by atoms with Crippen molar-refractivity contribution in [2.75, 3.05) is 0 Å². The lowest BCUT2D eigenvalue weighted by Gasteiger charge is -2.34. The summed E-state index contributed by atoms with van der Waals surface area (Å²) in [4.78, 5) is 0. The highest BCUT2D eigenvalue weighted by Gasteiger charge is 2.46. The van der Waals surface area contributed by atoms with E-state index < -0.39 is 0 Å². The Morgan fingerprint density at radius 3 is 1.15 bits per heavy atom. The Morgan fingerprint density at radius 1 is 0.206 bits per heavy atom. The summed E-state index contributed by atoms with van der Waals surface area (Å²) in [5.74, 6) is 0. The summed E-state index contributed by atoms with van der Waals surface area (Å²) in [5, 5.41) is 13.7. The van der Waals surface area contributed by atoms with Gasteiger partial charge >= 0.3 is 0 Å². The summed E-state index contributed by atoms with van der Waals surface area (Å²) >= 11 is 7.61. The van der Waals surface area contributed by atoms with E-state index >= 15 is 0 Å². The van der Waals surface area contributed by atoms with Crippen LogP contribution in [0.2, 0.25) is 0 Å². The van der Waals surface area contributed by atoms with E-state index in [1.807, 2.05) is 57.5 Å². The second-order valence-corrected chi connectivity index (χ2v) is 43.2. The van der Waals surface area contributed by atoms with Gasteiger partial charge in [-0.1, -0.05) is 371 Å². The molecule has 0 amide bonds. The van der Waals surface area contributed by atoms with Gasteiger partial charge in [-0.05, 0) is 286 Å². The van der Waals surface area contributed by atoms with Crippen LogP contribution in [0.3, 0.4) is 0 Å². The number of para-hydroxylation sites is 1. The van der Waals surface area contributed by atoms with Crippen LogP contribution in [-0.2, 0) is 16.2 Å². The Labute approximate surface area is 819 Å². The zero-order chi connectivity index (χ0) is 94.9. The van der Waals surface area contributed by atoms with Gasteiger partial charge in [-0.25, -0.2) is 0 Å². The molecule has 5 heteroatoms. The molecule has 0 fully saturated rings. The van der Waals surface area contributed by atoms with E-state index in [9.17, 15) is 0 Å². The van der Waals surface area contributed by atoms with Gasteiger partial charge in [0.1, 0.15) is 11.2 Å². The minimum absolute atomic E-state index is 0.141. The molecular formula is C131H118OS4. The Bertz CT molecular complexity index is 8140. The van der Waals surface area contributed by atoms with Crippen molar-refractivity contribution in [3.8, 4) is 33.4 Å². The van der Waals surface area contributed by atoms with Gasteiger partial charge in [0.15, 0.2) is 0 Å². The molecule has 0 aliphatic heterocycles. The van der Waals surface area contributed by atoms with Gasteiger partial charge in [0.2, 0.25) is 0 Å². The molecule has 672 valence electrons. The summed E-state index contributed by atoms with van der Waals surface area (Å²) in [6, 6.07) is 128. The Morgan fingerprint density at radius 2 is 0.588 bits per heavy atom. The monoisotopic (exact) mass is 1830 g/mol. The third kappa shape index (κ3) is 16.8. The van der Waals surface area contributed by atoms with Crippen LogP contribution in [0, 0.1) is 111 Å². The van der Waals surface area contributed by atoms with Gasteiger partial charge in [0, 0.05) is 102 Å². The van der Waals surface area contributed by atoms with Crippen LogP contribution in [0.5, 0.6) is 0 Å². The van der Waals surface area contributed by atoms with E-state index in [1.165, 1.54) is 258 Å². The van der Waals surface area contributed by atoms with Crippen molar-refractivity contribution in [1.82, 2.24) is 0 Å². The van der Waals surface area contributed by atoms with Gasteiger partial charge in [-0.15, -0.1) is 45.3 Å². The Balaban J connectivity index is 0.000000101. The summed E-state index contributed by atoms with van der Waals surface area (Å²) < 4.78 is 17.2. The molecule has 0 saturated heterocycles. The molecule has 3 aliphatic rings. The molecule has 5 aromatic heterocycles. The molecule has 26 rings (SSSR count). The van der Waals surface area contributed by atoms with Gasteiger partial charge < -0.3 is 4.42 Å². The van der Waals surface area contributed by atoms with Crippen molar-refractivity contribution in [3.63, 3.8) is 0 Å². The third-order valence-electron chi connectivity index (χ3n) is 28.5. The van der Waals surface area contributed by atoms with Crippen molar-refractivity contribution in [3.05, 3.63) is 485 Å². The number of aryl methyl sites for hydroxylation is 16. The molecule has 0 bridgehead atoms. The molecule has 23 aromatic rings. The predicted octanol–water partition coefficient (Wildman–Crippen LogP) is 38.8. The van der Waals surface area contributed by atoms with Crippen LogP contribution in [-0.4, -0.2) is 0 Å². The Kier molecular flexibility index (Phi) is 25.2. The third-order valence-corrected chi connectivity index (χ3v) is 33.7. The van der Waals surface area contributed by atoms with Crippen molar-refractivity contribution < 1.29 is 4.42 Å². The Hall–Kier alpha value is -13.4. The number of rotatable bonds is 2. The number of benzene rings is 18. The lowest BCUT2D eigenvalue weighted by atomic mass is 9.67. The van der Waals surface area contributed by atoms with Crippen LogP contribution in [0.25, 0.3) is 136 Å².